The quantitative estimate of drug-likeness (QED) is 0.907. The van der Waals surface area contributed by atoms with Crippen molar-refractivity contribution < 1.29 is 17.5 Å². The molecule has 0 saturated carbocycles. The van der Waals surface area contributed by atoms with E-state index in [1.807, 2.05) is 0 Å². The van der Waals surface area contributed by atoms with Gasteiger partial charge in [0, 0.05) is 19.6 Å². The Kier molecular flexibility index (Phi) is 4.15. The van der Waals surface area contributed by atoms with Crippen molar-refractivity contribution in [2.24, 2.45) is 5.73 Å². The maximum Gasteiger partial charge on any atom is 0.246 e. The van der Waals surface area contributed by atoms with Crippen molar-refractivity contribution in [1.29, 1.82) is 0 Å². The van der Waals surface area contributed by atoms with Gasteiger partial charge in [0.05, 0.1) is 12.2 Å². The molecule has 1 fully saturated rings. The van der Waals surface area contributed by atoms with Crippen LogP contribution in [0.4, 0.5) is 4.39 Å². The van der Waals surface area contributed by atoms with Gasteiger partial charge in [-0.2, -0.15) is 4.31 Å². The highest BCUT2D eigenvalue weighted by atomic mass is 32.2. The molecule has 1 aromatic rings. The molecule has 1 saturated heterocycles. The SMILES string of the molecule is CC1(C)CN(S(=O)(=O)c2cc(CN)ccc2F)CCO1. The Hall–Kier alpha value is -1.02. The fourth-order valence-corrected chi connectivity index (χ4v) is 3.88. The van der Waals surface area contributed by atoms with Gasteiger partial charge in [0.2, 0.25) is 10.0 Å². The lowest BCUT2D eigenvalue weighted by Gasteiger charge is -2.37. The Labute approximate surface area is 118 Å². The van der Waals surface area contributed by atoms with Crippen LogP contribution in [0.3, 0.4) is 0 Å². The highest BCUT2D eigenvalue weighted by Crippen LogP contribution is 2.25. The molecule has 112 valence electrons. The van der Waals surface area contributed by atoms with Crippen LogP contribution in [0, 0.1) is 5.82 Å². The second-order valence-electron chi connectivity index (χ2n) is 5.42. The number of sulfonamides is 1. The van der Waals surface area contributed by atoms with E-state index in [1.165, 1.54) is 16.4 Å². The Morgan fingerprint density at radius 1 is 1.45 bits per heavy atom. The van der Waals surface area contributed by atoms with E-state index in [1.54, 1.807) is 13.8 Å². The zero-order valence-corrected chi connectivity index (χ0v) is 12.4. The molecule has 0 radical (unpaired) electrons. The summed E-state index contributed by atoms with van der Waals surface area (Å²) in [6.45, 7) is 4.49. The van der Waals surface area contributed by atoms with Gasteiger partial charge in [-0.1, -0.05) is 6.07 Å². The summed E-state index contributed by atoms with van der Waals surface area (Å²) in [5.74, 6) is -0.758. The van der Waals surface area contributed by atoms with E-state index in [9.17, 15) is 12.8 Å². The third-order valence-corrected chi connectivity index (χ3v) is 5.10. The molecule has 1 aliphatic rings. The van der Waals surface area contributed by atoms with Crippen LogP contribution in [-0.2, 0) is 21.3 Å². The van der Waals surface area contributed by atoms with Gasteiger partial charge in [0.25, 0.3) is 0 Å². The molecular weight excluding hydrogens is 283 g/mol. The minimum atomic E-state index is -3.87. The van der Waals surface area contributed by atoms with E-state index >= 15 is 0 Å². The molecule has 1 aromatic carbocycles. The number of nitrogens with zero attached hydrogens (tertiary/aromatic N) is 1. The molecule has 7 heteroatoms. The summed E-state index contributed by atoms with van der Waals surface area (Å²) < 4.78 is 45.7. The van der Waals surface area contributed by atoms with Gasteiger partial charge in [-0.25, -0.2) is 12.8 Å². The number of benzene rings is 1. The topological polar surface area (TPSA) is 72.6 Å². The molecule has 2 rings (SSSR count). The molecule has 20 heavy (non-hydrogen) atoms. The smallest absolute Gasteiger partial charge is 0.246 e. The van der Waals surface area contributed by atoms with E-state index in [2.05, 4.69) is 0 Å². The lowest BCUT2D eigenvalue weighted by atomic mass is 10.1. The Morgan fingerprint density at radius 3 is 2.75 bits per heavy atom. The van der Waals surface area contributed by atoms with Gasteiger partial charge >= 0.3 is 0 Å². The molecule has 0 amide bonds. The van der Waals surface area contributed by atoms with E-state index in [0.29, 0.717) is 12.2 Å². The van der Waals surface area contributed by atoms with Crippen LogP contribution < -0.4 is 5.73 Å². The monoisotopic (exact) mass is 302 g/mol. The Bertz CT molecular complexity index is 602. The average Bonchev–Trinajstić information content (AvgIpc) is 2.38. The molecule has 0 aromatic heterocycles. The Balaban J connectivity index is 2.40. The van der Waals surface area contributed by atoms with Crippen molar-refractivity contribution >= 4 is 10.0 Å². The number of morpholine rings is 1. The second kappa shape index (κ2) is 5.40. The van der Waals surface area contributed by atoms with Crippen LogP contribution in [0.25, 0.3) is 0 Å². The van der Waals surface area contributed by atoms with E-state index in [-0.39, 0.29) is 24.5 Å². The fourth-order valence-electron chi connectivity index (χ4n) is 2.19. The summed E-state index contributed by atoms with van der Waals surface area (Å²) in [7, 11) is -3.87. The number of hydrogen-bond acceptors (Lipinski definition) is 4. The second-order valence-corrected chi connectivity index (χ2v) is 7.32. The van der Waals surface area contributed by atoms with Crippen molar-refractivity contribution in [3.05, 3.63) is 29.6 Å². The van der Waals surface area contributed by atoms with Crippen LogP contribution in [-0.4, -0.2) is 38.0 Å². The van der Waals surface area contributed by atoms with Gasteiger partial charge in [-0.05, 0) is 31.5 Å². The van der Waals surface area contributed by atoms with Crippen LogP contribution in [0.1, 0.15) is 19.4 Å². The maximum atomic E-state index is 13.9. The normalized spacial score (nSPS) is 20.0. The molecule has 0 atom stereocenters. The number of halogens is 1. The van der Waals surface area contributed by atoms with Gasteiger partial charge in [0.15, 0.2) is 0 Å². The van der Waals surface area contributed by atoms with Crippen molar-refractivity contribution in [3.63, 3.8) is 0 Å². The summed E-state index contributed by atoms with van der Waals surface area (Å²) >= 11 is 0. The fraction of sp³-hybridized carbons (Fsp3) is 0.538. The van der Waals surface area contributed by atoms with Gasteiger partial charge in [-0.15, -0.1) is 0 Å². The van der Waals surface area contributed by atoms with Crippen molar-refractivity contribution in [3.8, 4) is 0 Å². The first kappa shape index (κ1) is 15.4. The first-order valence-electron chi connectivity index (χ1n) is 6.39. The standard InChI is InChI=1S/C13H19FN2O3S/c1-13(2)9-16(5-6-19-13)20(17,18)12-7-10(8-15)3-4-11(12)14/h3-4,7H,5-6,8-9,15H2,1-2H3. The molecule has 2 N–H and O–H groups in total. The third kappa shape index (κ3) is 3.01. The highest BCUT2D eigenvalue weighted by Gasteiger charge is 2.36. The highest BCUT2D eigenvalue weighted by molar-refractivity contribution is 7.89. The predicted molar refractivity (Wildman–Crippen MR) is 73.1 cm³/mol. The molecule has 0 bridgehead atoms. The summed E-state index contributed by atoms with van der Waals surface area (Å²) in [4.78, 5) is -0.321. The third-order valence-electron chi connectivity index (χ3n) is 3.24. The minimum Gasteiger partial charge on any atom is -0.373 e. The zero-order valence-electron chi connectivity index (χ0n) is 11.6. The first-order chi connectivity index (χ1) is 9.26. The van der Waals surface area contributed by atoms with Crippen molar-refractivity contribution in [1.82, 2.24) is 4.31 Å². The van der Waals surface area contributed by atoms with Crippen molar-refractivity contribution in [2.75, 3.05) is 19.7 Å². The largest absolute Gasteiger partial charge is 0.373 e. The molecule has 1 heterocycles. The zero-order chi connectivity index (χ0) is 15.0. The van der Waals surface area contributed by atoms with Crippen LogP contribution in [0.2, 0.25) is 0 Å². The number of rotatable bonds is 3. The maximum absolute atomic E-state index is 13.9. The Morgan fingerprint density at radius 2 is 2.15 bits per heavy atom. The molecular formula is C13H19FN2O3S. The lowest BCUT2D eigenvalue weighted by molar-refractivity contribution is -0.0640. The predicted octanol–water partition coefficient (Wildman–Crippen LogP) is 1.08. The van der Waals surface area contributed by atoms with E-state index < -0.39 is 21.4 Å². The summed E-state index contributed by atoms with van der Waals surface area (Å²) in [5.41, 5.74) is 5.49. The summed E-state index contributed by atoms with van der Waals surface area (Å²) in [5, 5.41) is 0. The van der Waals surface area contributed by atoms with Crippen LogP contribution in [0.15, 0.2) is 23.1 Å². The molecule has 0 spiro atoms. The molecule has 0 aliphatic carbocycles. The van der Waals surface area contributed by atoms with Crippen LogP contribution >= 0.6 is 0 Å². The van der Waals surface area contributed by atoms with E-state index in [0.717, 1.165) is 6.07 Å². The van der Waals surface area contributed by atoms with Crippen molar-refractivity contribution in [2.45, 2.75) is 30.9 Å². The van der Waals surface area contributed by atoms with Gasteiger partial charge in [-0.3, -0.25) is 0 Å². The lowest BCUT2D eigenvalue weighted by Crippen LogP contribution is -2.50. The summed E-state index contributed by atoms with van der Waals surface area (Å²) in [6.07, 6.45) is 0. The van der Waals surface area contributed by atoms with Gasteiger partial charge in [0.1, 0.15) is 10.7 Å². The number of ether oxygens (including phenoxy) is 1. The van der Waals surface area contributed by atoms with Gasteiger partial charge < -0.3 is 10.5 Å². The number of nitrogens with two attached hydrogens (primary N) is 1. The average molecular weight is 302 g/mol. The summed E-state index contributed by atoms with van der Waals surface area (Å²) in [6, 6.07) is 3.92. The molecule has 1 aliphatic heterocycles. The molecule has 5 nitrogen and oxygen atoms in total. The minimum absolute atomic E-state index is 0.164. The number of hydrogen-bond donors (Lipinski definition) is 1. The molecule has 0 unspecified atom stereocenters. The first-order valence-corrected chi connectivity index (χ1v) is 7.83. The van der Waals surface area contributed by atoms with E-state index in [4.69, 9.17) is 10.5 Å². The van der Waals surface area contributed by atoms with Crippen LogP contribution in [0.5, 0.6) is 0 Å².